The Balaban J connectivity index is 1.30. The SMILES string of the molecule is C=S(C)(=O)c1ccc(-c2ccc(OCC3CCN(c4nc(C(C)C)no4)CC3)cn2)c(C)c1. The molecule has 1 fully saturated rings. The summed E-state index contributed by atoms with van der Waals surface area (Å²) in [5, 5.41) is 4.06. The van der Waals surface area contributed by atoms with Crippen LogP contribution in [0, 0.1) is 12.8 Å². The summed E-state index contributed by atoms with van der Waals surface area (Å²) < 4.78 is 23.6. The van der Waals surface area contributed by atoms with Crippen LogP contribution in [0.3, 0.4) is 0 Å². The van der Waals surface area contributed by atoms with Gasteiger partial charge in [-0.1, -0.05) is 25.1 Å². The van der Waals surface area contributed by atoms with Crippen LogP contribution >= 0.6 is 0 Å². The van der Waals surface area contributed by atoms with E-state index in [4.69, 9.17) is 9.26 Å². The molecule has 0 saturated carbocycles. The highest BCUT2D eigenvalue weighted by atomic mass is 32.2. The molecule has 1 aromatic carbocycles. The molecule has 1 aliphatic rings. The van der Waals surface area contributed by atoms with E-state index < -0.39 is 9.52 Å². The molecule has 0 amide bonds. The maximum atomic E-state index is 12.2. The van der Waals surface area contributed by atoms with Gasteiger partial charge in [0, 0.05) is 35.7 Å². The summed E-state index contributed by atoms with van der Waals surface area (Å²) in [5.74, 6) is 6.03. The third-order valence-corrected chi connectivity index (χ3v) is 7.28. The minimum atomic E-state index is -2.23. The first-order valence-corrected chi connectivity index (χ1v) is 13.4. The van der Waals surface area contributed by atoms with Crippen LogP contribution < -0.4 is 9.64 Å². The van der Waals surface area contributed by atoms with Crippen molar-refractivity contribution in [1.29, 1.82) is 0 Å². The molecule has 0 aliphatic carbocycles. The molecule has 0 bridgehead atoms. The largest absolute Gasteiger partial charge is 0.492 e. The topological polar surface area (TPSA) is 81.4 Å². The second-order valence-corrected chi connectivity index (χ2v) is 11.7. The van der Waals surface area contributed by atoms with Gasteiger partial charge in [-0.15, -0.1) is 0 Å². The molecule has 1 atom stereocenters. The van der Waals surface area contributed by atoms with Crippen molar-refractivity contribution >= 4 is 21.4 Å². The summed E-state index contributed by atoms with van der Waals surface area (Å²) in [6.45, 7) is 8.56. The molecule has 0 N–H and O–H groups in total. The molecule has 8 heteroatoms. The number of ether oxygens (including phenoxy) is 1. The van der Waals surface area contributed by atoms with E-state index in [1.165, 1.54) is 0 Å². The van der Waals surface area contributed by atoms with E-state index in [1.54, 1.807) is 12.5 Å². The summed E-state index contributed by atoms with van der Waals surface area (Å²) >= 11 is 0. The quantitative estimate of drug-likeness (QED) is 0.470. The number of anilines is 1. The molecular formula is C25H32N4O3S. The second kappa shape index (κ2) is 9.55. The Hall–Kier alpha value is -2.87. The number of rotatable bonds is 7. The van der Waals surface area contributed by atoms with Gasteiger partial charge < -0.3 is 14.2 Å². The summed E-state index contributed by atoms with van der Waals surface area (Å²) in [7, 11) is -2.23. The molecular weight excluding hydrogens is 436 g/mol. The molecule has 2 aromatic heterocycles. The zero-order valence-corrected chi connectivity index (χ0v) is 20.6. The van der Waals surface area contributed by atoms with Crippen LogP contribution in [0.25, 0.3) is 11.3 Å². The van der Waals surface area contributed by atoms with E-state index in [2.05, 4.69) is 39.7 Å². The van der Waals surface area contributed by atoms with Gasteiger partial charge in [-0.3, -0.25) is 9.19 Å². The minimum absolute atomic E-state index is 0.264. The zero-order valence-electron chi connectivity index (χ0n) is 19.8. The first kappa shape index (κ1) is 23.3. The number of aromatic nitrogens is 3. The van der Waals surface area contributed by atoms with Gasteiger partial charge in [-0.25, -0.2) is 0 Å². The highest BCUT2D eigenvalue weighted by Crippen LogP contribution is 2.27. The Morgan fingerprint density at radius 1 is 1.24 bits per heavy atom. The highest BCUT2D eigenvalue weighted by molar-refractivity contribution is 7.99. The molecule has 0 spiro atoms. The van der Waals surface area contributed by atoms with Crippen LogP contribution in [-0.2, 0) is 9.52 Å². The predicted octanol–water partition coefficient (Wildman–Crippen LogP) is 4.56. The number of piperidine rings is 1. The normalized spacial score (nSPS) is 16.7. The zero-order chi connectivity index (χ0) is 23.6. The number of benzene rings is 1. The van der Waals surface area contributed by atoms with Crippen LogP contribution in [0.4, 0.5) is 6.01 Å². The van der Waals surface area contributed by atoms with Gasteiger partial charge in [-0.05, 0) is 70.9 Å². The Morgan fingerprint density at radius 2 is 2.00 bits per heavy atom. The van der Waals surface area contributed by atoms with Gasteiger partial charge in [0.05, 0.1) is 18.5 Å². The van der Waals surface area contributed by atoms with Gasteiger partial charge in [0.1, 0.15) is 5.75 Å². The van der Waals surface area contributed by atoms with Crippen molar-refractivity contribution in [2.45, 2.75) is 44.4 Å². The van der Waals surface area contributed by atoms with E-state index >= 15 is 0 Å². The van der Waals surface area contributed by atoms with E-state index in [0.717, 1.165) is 59.2 Å². The first-order chi connectivity index (χ1) is 15.7. The molecule has 3 heterocycles. The molecule has 0 radical (unpaired) electrons. The van der Waals surface area contributed by atoms with Crippen molar-refractivity contribution < 1.29 is 13.5 Å². The minimum Gasteiger partial charge on any atom is -0.492 e. The Labute approximate surface area is 196 Å². The van der Waals surface area contributed by atoms with E-state index in [9.17, 15) is 4.21 Å². The number of aryl methyl sites for hydroxylation is 1. The molecule has 4 rings (SSSR count). The van der Waals surface area contributed by atoms with Crippen molar-refractivity contribution in [3.8, 4) is 17.0 Å². The van der Waals surface area contributed by atoms with E-state index in [1.807, 2.05) is 37.3 Å². The molecule has 176 valence electrons. The van der Waals surface area contributed by atoms with Crippen LogP contribution in [0.15, 0.2) is 45.9 Å². The monoisotopic (exact) mass is 468 g/mol. The summed E-state index contributed by atoms with van der Waals surface area (Å²) in [4.78, 5) is 12.0. The Kier molecular flexibility index (Phi) is 6.74. The van der Waals surface area contributed by atoms with Crippen molar-refractivity contribution in [2.75, 3.05) is 30.9 Å². The van der Waals surface area contributed by atoms with Crippen molar-refractivity contribution in [2.24, 2.45) is 5.92 Å². The fourth-order valence-corrected chi connectivity index (χ4v) is 4.69. The van der Waals surface area contributed by atoms with Crippen LogP contribution in [-0.4, -0.2) is 51.2 Å². The van der Waals surface area contributed by atoms with Crippen LogP contribution in [0.5, 0.6) is 5.75 Å². The molecule has 3 aromatic rings. The van der Waals surface area contributed by atoms with Crippen molar-refractivity contribution in [1.82, 2.24) is 15.1 Å². The van der Waals surface area contributed by atoms with E-state index in [-0.39, 0.29) is 5.92 Å². The maximum Gasteiger partial charge on any atom is 0.324 e. The number of hydrogen-bond acceptors (Lipinski definition) is 7. The summed E-state index contributed by atoms with van der Waals surface area (Å²) in [6, 6.07) is 10.3. The third kappa shape index (κ3) is 5.55. The average Bonchev–Trinajstić information content (AvgIpc) is 3.29. The maximum absolute atomic E-state index is 12.2. The summed E-state index contributed by atoms with van der Waals surface area (Å²) in [6.07, 6.45) is 5.46. The Bertz CT molecular complexity index is 1190. The van der Waals surface area contributed by atoms with Gasteiger partial charge in [-0.2, -0.15) is 4.98 Å². The lowest BCUT2D eigenvalue weighted by molar-refractivity contribution is 0.219. The molecule has 7 nitrogen and oxygen atoms in total. The highest BCUT2D eigenvalue weighted by Gasteiger charge is 2.24. The number of nitrogens with zero attached hydrogens (tertiary/aromatic N) is 4. The van der Waals surface area contributed by atoms with Gasteiger partial charge in [0.15, 0.2) is 5.82 Å². The number of pyridine rings is 1. The standard InChI is InChI=1S/C25H32N4O3S/c1-17(2)24-27-25(32-28-24)29-12-10-19(11-13-29)16-31-20-6-9-23(26-15-20)22-8-7-21(14-18(22)3)33(4,5)30/h6-9,14-15,17,19H,4,10-13,16H2,1-3,5H3. The lowest BCUT2D eigenvalue weighted by Crippen LogP contribution is -2.35. The smallest absolute Gasteiger partial charge is 0.324 e. The third-order valence-electron chi connectivity index (χ3n) is 6.03. The lowest BCUT2D eigenvalue weighted by atomic mass is 9.98. The fourth-order valence-electron chi connectivity index (χ4n) is 3.91. The van der Waals surface area contributed by atoms with E-state index in [0.29, 0.717) is 18.5 Å². The van der Waals surface area contributed by atoms with Crippen LogP contribution in [0.2, 0.25) is 0 Å². The van der Waals surface area contributed by atoms with Crippen molar-refractivity contribution in [3.63, 3.8) is 0 Å². The van der Waals surface area contributed by atoms with Gasteiger partial charge >= 0.3 is 6.01 Å². The first-order valence-electron chi connectivity index (χ1n) is 11.3. The average molecular weight is 469 g/mol. The van der Waals surface area contributed by atoms with Crippen molar-refractivity contribution in [3.05, 3.63) is 47.9 Å². The Morgan fingerprint density at radius 3 is 2.58 bits per heavy atom. The molecule has 1 saturated heterocycles. The van der Waals surface area contributed by atoms with Gasteiger partial charge in [0.25, 0.3) is 0 Å². The fraction of sp³-hybridized carbons (Fsp3) is 0.440. The summed E-state index contributed by atoms with van der Waals surface area (Å²) in [5.41, 5.74) is 2.91. The lowest BCUT2D eigenvalue weighted by Gasteiger charge is -2.30. The molecule has 1 aliphatic heterocycles. The second-order valence-electron chi connectivity index (χ2n) is 9.19. The number of hydrogen-bond donors (Lipinski definition) is 0. The van der Waals surface area contributed by atoms with Crippen LogP contribution in [0.1, 0.15) is 44.0 Å². The molecule has 1 unspecified atom stereocenters. The van der Waals surface area contributed by atoms with Gasteiger partial charge in [0.2, 0.25) is 0 Å². The molecule has 33 heavy (non-hydrogen) atoms. The predicted molar refractivity (Wildman–Crippen MR) is 133 cm³/mol.